The van der Waals surface area contributed by atoms with Crippen molar-refractivity contribution in [3.8, 4) is 0 Å². The van der Waals surface area contributed by atoms with Crippen LogP contribution < -0.4 is 5.32 Å². The van der Waals surface area contributed by atoms with Crippen LogP contribution in [0.15, 0.2) is 65.6 Å². The molecule has 1 aliphatic rings. The summed E-state index contributed by atoms with van der Waals surface area (Å²) < 4.78 is 2.56. The van der Waals surface area contributed by atoms with Crippen LogP contribution in [0.3, 0.4) is 0 Å². The molecule has 0 amide bonds. The molecular weight excluding hydrogens is 336 g/mol. The summed E-state index contributed by atoms with van der Waals surface area (Å²) in [6, 6.07) is 21.9. The zero-order valence-electron chi connectivity index (χ0n) is 15.4. The number of aromatic nitrogens is 1. The van der Waals surface area contributed by atoms with E-state index in [-0.39, 0.29) is 0 Å². The summed E-state index contributed by atoms with van der Waals surface area (Å²) in [7, 11) is 0. The Bertz CT molecular complexity index is 819. The molecule has 2 aromatic carbocycles. The molecule has 1 N–H and O–H groups in total. The normalized spacial score (nSPS) is 17.6. The summed E-state index contributed by atoms with van der Waals surface area (Å²) in [4.78, 5) is 1.34. The van der Waals surface area contributed by atoms with Gasteiger partial charge < -0.3 is 9.88 Å². The fourth-order valence-corrected chi connectivity index (χ4v) is 4.94. The fourth-order valence-electron chi connectivity index (χ4n) is 4.03. The van der Waals surface area contributed by atoms with E-state index in [1.807, 2.05) is 11.8 Å². The van der Waals surface area contributed by atoms with Crippen LogP contribution in [0.2, 0.25) is 0 Å². The lowest BCUT2D eigenvalue weighted by Gasteiger charge is -2.23. The van der Waals surface area contributed by atoms with Crippen molar-refractivity contribution in [1.29, 1.82) is 0 Å². The van der Waals surface area contributed by atoms with Gasteiger partial charge in [0.25, 0.3) is 0 Å². The summed E-state index contributed by atoms with van der Waals surface area (Å²) in [5.41, 5.74) is 2.83. The highest BCUT2D eigenvalue weighted by Crippen LogP contribution is 2.28. The van der Waals surface area contributed by atoms with Crippen molar-refractivity contribution in [2.24, 2.45) is 5.92 Å². The van der Waals surface area contributed by atoms with Crippen molar-refractivity contribution in [3.05, 3.63) is 66.4 Å². The lowest BCUT2D eigenvalue weighted by Crippen LogP contribution is -2.29. The number of para-hydroxylation sites is 1. The highest BCUT2D eigenvalue weighted by atomic mass is 32.2. The Labute approximate surface area is 161 Å². The van der Waals surface area contributed by atoms with Gasteiger partial charge >= 0.3 is 0 Å². The van der Waals surface area contributed by atoms with E-state index in [1.54, 1.807) is 0 Å². The van der Waals surface area contributed by atoms with E-state index in [0.717, 1.165) is 18.2 Å². The maximum absolute atomic E-state index is 3.55. The maximum Gasteiger partial charge on any atom is 0.0482 e. The largest absolute Gasteiger partial charge is 0.344 e. The molecule has 3 aromatic rings. The first-order valence-electron chi connectivity index (χ1n) is 9.86. The number of piperidine rings is 1. The molecule has 4 rings (SSSR count). The van der Waals surface area contributed by atoms with Crippen molar-refractivity contribution in [2.75, 3.05) is 13.1 Å². The molecule has 1 atom stereocenters. The molecule has 1 fully saturated rings. The van der Waals surface area contributed by atoms with Crippen LogP contribution in [0.5, 0.6) is 0 Å². The van der Waals surface area contributed by atoms with Crippen LogP contribution in [0.25, 0.3) is 10.9 Å². The average molecular weight is 365 g/mol. The topological polar surface area (TPSA) is 17.0 Å². The summed E-state index contributed by atoms with van der Waals surface area (Å²) in [5.74, 6) is 1.90. The van der Waals surface area contributed by atoms with Crippen molar-refractivity contribution in [3.63, 3.8) is 0 Å². The van der Waals surface area contributed by atoms with Gasteiger partial charge in [-0.15, -0.1) is 11.8 Å². The quantitative estimate of drug-likeness (QED) is 0.541. The van der Waals surface area contributed by atoms with Crippen molar-refractivity contribution < 1.29 is 0 Å². The molecular formula is C23H28N2S. The van der Waals surface area contributed by atoms with E-state index in [4.69, 9.17) is 0 Å². The summed E-state index contributed by atoms with van der Waals surface area (Å²) in [6.45, 7) is 3.55. The molecule has 0 bridgehead atoms. The van der Waals surface area contributed by atoms with Gasteiger partial charge in [0.05, 0.1) is 0 Å². The van der Waals surface area contributed by atoms with Gasteiger partial charge in [-0.25, -0.2) is 0 Å². The average Bonchev–Trinajstić information content (AvgIpc) is 3.06. The van der Waals surface area contributed by atoms with Gasteiger partial charge in [-0.1, -0.05) is 36.4 Å². The number of hydrogen-bond acceptors (Lipinski definition) is 2. The predicted octanol–water partition coefficient (Wildman–Crippen LogP) is 5.71. The Kier molecular flexibility index (Phi) is 5.98. The first-order chi connectivity index (χ1) is 12.9. The second-order valence-electron chi connectivity index (χ2n) is 7.30. The van der Waals surface area contributed by atoms with Gasteiger partial charge in [-0.05, 0) is 74.3 Å². The molecule has 1 aromatic heterocycles. The van der Waals surface area contributed by atoms with Crippen LogP contribution in [-0.2, 0) is 12.3 Å². The second kappa shape index (κ2) is 8.79. The minimum absolute atomic E-state index is 0.868. The maximum atomic E-state index is 3.55. The van der Waals surface area contributed by atoms with Crippen LogP contribution in [0, 0.1) is 5.92 Å². The van der Waals surface area contributed by atoms with E-state index in [2.05, 4.69) is 70.5 Å². The smallest absolute Gasteiger partial charge is 0.0482 e. The van der Waals surface area contributed by atoms with Gasteiger partial charge in [0.2, 0.25) is 0 Å². The number of rotatable bonds is 7. The minimum atomic E-state index is 0.868. The standard InChI is InChI=1S/C23H28N2S/c1-2-11-22(12-3-1)26-18-21-16-20-10-4-5-13-23(20)25(21)15-7-9-19-8-6-14-24-17-19/h1-5,10-13,16,19,24H,6-9,14-15,17-18H2. The first kappa shape index (κ1) is 17.7. The summed E-state index contributed by atoms with van der Waals surface area (Å²) in [6.07, 6.45) is 5.35. The van der Waals surface area contributed by atoms with Gasteiger partial charge in [0.1, 0.15) is 0 Å². The number of nitrogens with one attached hydrogen (secondary N) is 1. The SMILES string of the molecule is c1ccc(SCc2cc3ccccc3n2CCCC2CCCNC2)cc1. The van der Waals surface area contributed by atoms with Gasteiger partial charge in [0.15, 0.2) is 0 Å². The molecule has 136 valence electrons. The summed E-state index contributed by atoms with van der Waals surface area (Å²) in [5, 5.41) is 4.92. The molecule has 0 saturated carbocycles. The Hall–Kier alpha value is -1.71. The Morgan fingerprint density at radius 2 is 1.88 bits per heavy atom. The zero-order valence-corrected chi connectivity index (χ0v) is 16.2. The third kappa shape index (κ3) is 4.33. The lowest BCUT2D eigenvalue weighted by atomic mass is 9.95. The van der Waals surface area contributed by atoms with Crippen LogP contribution >= 0.6 is 11.8 Å². The van der Waals surface area contributed by atoms with Gasteiger partial charge in [0, 0.05) is 28.4 Å². The predicted molar refractivity (Wildman–Crippen MR) is 113 cm³/mol. The molecule has 2 heterocycles. The molecule has 3 heteroatoms. The Balaban J connectivity index is 1.46. The van der Waals surface area contributed by atoms with Crippen molar-refractivity contribution >= 4 is 22.7 Å². The second-order valence-corrected chi connectivity index (χ2v) is 8.35. The molecule has 1 unspecified atom stereocenters. The number of hydrogen-bond donors (Lipinski definition) is 1. The van der Waals surface area contributed by atoms with E-state index in [1.165, 1.54) is 60.3 Å². The number of thioether (sulfide) groups is 1. The molecule has 26 heavy (non-hydrogen) atoms. The number of benzene rings is 2. The number of nitrogens with zero attached hydrogens (tertiary/aromatic N) is 1. The Morgan fingerprint density at radius 3 is 2.73 bits per heavy atom. The fraction of sp³-hybridized carbons (Fsp3) is 0.391. The Morgan fingerprint density at radius 1 is 1.04 bits per heavy atom. The highest BCUT2D eigenvalue weighted by Gasteiger charge is 2.14. The van der Waals surface area contributed by atoms with Gasteiger partial charge in [-0.2, -0.15) is 0 Å². The van der Waals surface area contributed by atoms with E-state index >= 15 is 0 Å². The summed E-state index contributed by atoms with van der Waals surface area (Å²) >= 11 is 1.93. The van der Waals surface area contributed by atoms with Crippen LogP contribution in [0.4, 0.5) is 0 Å². The monoisotopic (exact) mass is 364 g/mol. The van der Waals surface area contributed by atoms with E-state index in [9.17, 15) is 0 Å². The van der Waals surface area contributed by atoms with Crippen LogP contribution in [0.1, 0.15) is 31.4 Å². The molecule has 0 radical (unpaired) electrons. The molecule has 2 nitrogen and oxygen atoms in total. The third-order valence-electron chi connectivity index (χ3n) is 5.42. The molecule has 0 spiro atoms. The highest BCUT2D eigenvalue weighted by molar-refractivity contribution is 7.98. The molecule has 0 aliphatic carbocycles. The number of fused-ring (bicyclic) bond motifs is 1. The van der Waals surface area contributed by atoms with Gasteiger partial charge in [-0.3, -0.25) is 0 Å². The van der Waals surface area contributed by atoms with Crippen LogP contribution in [-0.4, -0.2) is 17.7 Å². The molecule has 1 aliphatic heterocycles. The first-order valence-corrected chi connectivity index (χ1v) is 10.8. The zero-order chi connectivity index (χ0) is 17.6. The molecule has 1 saturated heterocycles. The number of aryl methyl sites for hydroxylation is 1. The lowest BCUT2D eigenvalue weighted by molar-refractivity contribution is 0.344. The van der Waals surface area contributed by atoms with Crippen molar-refractivity contribution in [2.45, 2.75) is 42.9 Å². The van der Waals surface area contributed by atoms with E-state index < -0.39 is 0 Å². The van der Waals surface area contributed by atoms with E-state index in [0.29, 0.717) is 0 Å². The third-order valence-corrected chi connectivity index (χ3v) is 6.46. The minimum Gasteiger partial charge on any atom is -0.344 e. The van der Waals surface area contributed by atoms with Crippen molar-refractivity contribution in [1.82, 2.24) is 9.88 Å².